The van der Waals surface area contributed by atoms with Gasteiger partial charge in [-0.2, -0.15) is 0 Å². The zero-order valence-electron chi connectivity index (χ0n) is 9.43. The molecule has 0 spiro atoms. The largest absolute Gasteiger partial charge is 0.445 e. The van der Waals surface area contributed by atoms with Crippen LogP contribution in [-0.4, -0.2) is 24.1 Å². The van der Waals surface area contributed by atoms with Gasteiger partial charge in [0.2, 0.25) is 0 Å². The van der Waals surface area contributed by atoms with E-state index in [0.717, 1.165) is 5.56 Å². The maximum absolute atomic E-state index is 11.5. The topological polar surface area (TPSA) is 29.5 Å². The van der Waals surface area contributed by atoms with E-state index in [1.54, 1.807) is 11.9 Å². The molecule has 0 aromatic heterocycles. The molecule has 1 rings (SSSR count). The van der Waals surface area contributed by atoms with Gasteiger partial charge in [-0.15, -0.1) is 0 Å². The van der Waals surface area contributed by atoms with Gasteiger partial charge >= 0.3 is 6.09 Å². The summed E-state index contributed by atoms with van der Waals surface area (Å²) in [7, 11) is 1.73. The smallest absolute Gasteiger partial charge is 0.410 e. The molecule has 1 aromatic rings. The molecule has 1 aromatic carbocycles. The second-order valence-corrected chi connectivity index (χ2v) is 3.74. The second-order valence-electron chi connectivity index (χ2n) is 3.74. The maximum atomic E-state index is 11.5. The molecule has 15 heavy (non-hydrogen) atoms. The molecular weight excluding hydrogens is 190 g/mol. The number of rotatable bonds is 3. The van der Waals surface area contributed by atoms with E-state index in [0.29, 0.717) is 6.61 Å². The van der Waals surface area contributed by atoms with Crippen molar-refractivity contribution in [1.82, 2.24) is 4.90 Å². The number of carbonyl (C=O) groups is 1. The van der Waals surface area contributed by atoms with Crippen LogP contribution >= 0.6 is 0 Å². The molecule has 0 aliphatic carbocycles. The highest BCUT2D eigenvalue weighted by molar-refractivity contribution is 5.67. The van der Waals surface area contributed by atoms with Gasteiger partial charge in [-0.3, -0.25) is 0 Å². The van der Waals surface area contributed by atoms with E-state index >= 15 is 0 Å². The summed E-state index contributed by atoms with van der Waals surface area (Å²) in [6, 6.07) is 9.81. The summed E-state index contributed by atoms with van der Waals surface area (Å²) in [6.45, 7) is 4.23. The molecule has 0 radical (unpaired) electrons. The van der Waals surface area contributed by atoms with Crippen LogP contribution in [0.2, 0.25) is 0 Å². The number of amides is 1. The van der Waals surface area contributed by atoms with Crippen LogP contribution in [0.5, 0.6) is 0 Å². The highest BCUT2D eigenvalue weighted by Crippen LogP contribution is 2.03. The van der Waals surface area contributed by atoms with Crippen molar-refractivity contribution < 1.29 is 9.53 Å². The molecule has 0 fully saturated rings. The summed E-state index contributed by atoms with van der Waals surface area (Å²) >= 11 is 0. The highest BCUT2D eigenvalue weighted by Gasteiger charge is 2.12. The molecule has 0 saturated carbocycles. The average molecular weight is 207 g/mol. The van der Waals surface area contributed by atoms with Crippen molar-refractivity contribution in [3.8, 4) is 0 Å². The minimum atomic E-state index is -0.283. The number of carbonyl (C=O) groups excluding carboxylic acids is 1. The minimum Gasteiger partial charge on any atom is -0.445 e. The number of benzene rings is 1. The molecule has 1 amide bonds. The Kier molecular flexibility index (Phi) is 4.16. The zero-order chi connectivity index (χ0) is 11.3. The molecule has 0 unspecified atom stereocenters. The molecule has 3 heteroatoms. The Bertz CT molecular complexity index is 309. The Morgan fingerprint density at radius 3 is 2.47 bits per heavy atom. The SMILES string of the molecule is CC(C)N(C)C(=O)OCc1ccccc1. The van der Waals surface area contributed by atoms with Crippen LogP contribution < -0.4 is 0 Å². The van der Waals surface area contributed by atoms with Gasteiger partial charge in [-0.1, -0.05) is 30.3 Å². The van der Waals surface area contributed by atoms with Crippen LogP contribution in [0.4, 0.5) is 4.79 Å². The standard InChI is InChI=1S/C12H17NO2/c1-10(2)13(3)12(14)15-9-11-7-5-4-6-8-11/h4-8,10H,9H2,1-3H3. The van der Waals surface area contributed by atoms with E-state index in [4.69, 9.17) is 4.74 Å². The molecule has 3 nitrogen and oxygen atoms in total. The van der Waals surface area contributed by atoms with E-state index in [1.165, 1.54) is 0 Å². The van der Waals surface area contributed by atoms with Gasteiger partial charge in [0.25, 0.3) is 0 Å². The van der Waals surface area contributed by atoms with Gasteiger partial charge < -0.3 is 9.64 Å². The Labute approximate surface area is 90.7 Å². The van der Waals surface area contributed by atoms with Crippen LogP contribution in [-0.2, 0) is 11.3 Å². The van der Waals surface area contributed by atoms with Crippen molar-refractivity contribution in [3.63, 3.8) is 0 Å². The molecule has 0 aliphatic heterocycles. The monoisotopic (exact) mass is 207 g/mol. The van der Waals surface area contributed by atoms with Crippen molar-refractivity contribution in [3.05, 3.63) is 35.9 Å². The fourth-order valence-electron chi connectivity index (χ4n) is 1.03. The maximum Gasteiger partial charge on any atom is 0.410 e. The lowest BCUT2D eigenvalue weighted by Gasteiger charge is -2.20. The van der Waals surface area contributed by atoms with Crippen LogP contribution in [0.25, 0.3) is 0 Å². The second kappa shape index (κ2) is 5.39. The Morgan fingerprint density at radius 2 is 1.93 bits per heavy atom. The van der Waals surface area contributed by atoms with Crippen LogP contribution in [0.3, 0.4) is 0 Å². The third-order valence-corrected chi connectivity index (χ3v) is 2.27. The number of nitrogens with zero attached hydrogens (tertiary/aromatic N) is 1. The van der Waals surface area contributed by atoms with E-state index < -0.39 is 0 Å². The van der Waals surface area contributed by atoms with Crippen LogP contribution in [0.1, 0.15) is 19.4 Å². The van der Waals surface area contributed by atoms with Gasteiger partial charge in [0.05, 0.1) is 0 Å². The first-order chi connectivity index (χ1) is 7.11. The van der Waals surface area contributed by atoms with E-state index in [-0.39, 0.29) is 12.1 Å². The van der Waals surface area contributed by atoms with Crippen molar-refractivity contribution in [2.75, 3.05) is 7.05 Å². The lowest BCUT2D eigenvalue weighted by atomic mass is 10.2. The minimum absolute atomic E-state index is 0.160. The average Bonchev–Trinajstić information content (AvgIpc) is 2.26. The van der Waals surface area contributed by atoms with Gasteiger partial charge in [0.1, 0.15) is 6.61 Å². The molecule has 0 aliphatic rings. The molecule has 0 bridgehead atoms. The summed E-state index contributed by atoms with van der Waals surface area (Å²) in [5, 5.41) is 0. The fraction of sp³-hybridized carbons (Fsp3) is 0.417. The molecule has 0 N–H and O–H groups in total. The zero-order valence-corrected chi connectivity index (χ0v) is 9.43. The van der Waals surface area contributed by atoms with E-state index in [1.807, 2.05) is 44.2 Å². The first-order valence-corrected chi connectivity index (χ1v) is 5.04. The first-order valence-electron chi connectivity index (χ1n) is 5.04. The fourth-order valence-corrected chi connectivity index (χ4v) is 1.03. The highest BCUT2D eigenvalue weighted by atomic mass is 16.6. The van der Waals surface area contributed by atoms with E-state index in [2.05, 4.69) is 0 Å². The van der Waals surface area contributed by atoms with Crippen molar-refractivity contribution >= 4 is 6.09 Å². The lowest BCUT2D eigenvalue weighted by Crippen LogP contribution is -2.33. The molecule has 82 valence electrons. The third-order valence-electron chi connectivity index (χ3n) is 2.27. The number of hydrogen-bond donors (Lipinski definition) is 0. The quantitative estimate of drug-likeness (QED) is 0.762. The van der Waals surface area contributed by atoms with Crippen LogP contribution in [0, 0.1) is 0 Å². The summed E-state index contributed by atoms with van der Waals surface area (Å²) < 4.78 is 5.14. The van der Waals surface area contributed by atoms with Crippen molar-refractivity contribution in [2.24, 2.45) is 0 Å². The number of ether oxygens (including phenoxy) is 1. The van der Waals surface area contributed by atoms with Gasteiger partial charge in [0.15, 0.2) is 0 Å². The predicted molar refractivity (Wildman–Crippen MR) is 59.5 cm³/mol. The van der Waals surface area contributed by atoms with E-state index in [9.17, 15) is 4.79 Å². The Hall–Kier alpha value is -1.51. The molecule has 0 atom stereocenters. The van der Waals surface area contributed by atoms with Gasteiger partial charge in [-0.05, 0) is 19.4 Å². The Morgan fingerprint density at radius 1 is 1.33 bits per heavy atom. The summed E-state index contributed by atoms with van der Waals surface area (Å²) in [4.78, 5) is 13.0. The normalized spacial score (nSPS) is 10.1. The Balaban J connectivity index is 2.41. The van der Waals surface area contributed by atoms with Gasteiger partial charge in [0, 0.05) is 13.1 Å². The van der Waals surface area contributed by atoms with Crippen molar-refractivity contribution in [2.45, 2.75) is 26.5 Å². The number of hydrogen-bond acceptors (Lipinski definition) is 2. The molecular formula is C12H17NO2. The molecule has 0 heterocycles. The first kappa shape index (κ1) is 11.6. The lowest BCUT2D eigenvalue weighted by molar-refractivity contribution is 0.0960. The predicted octanol–water partition coefficient (Wildman–Crippen LogP) is 2.66. The third kappa shape index (κ3) is 3.62. The van der Waals surface area contributed by atoms with Gasteiger partial charge in [-0.25, -0.2) is 4.79 Å². The van der Waals surface area contributed by atoms with Crippen molar-refractivity contribution in [1.29, 1.82) is 0 Å². The molecule has 0 saturated heterocycles. The summed E-state index contributed by atoms with van der Waals surface area (Å²) in [5.41, 5.74) is 1.00. The summed E-state index contributed by atoms with van der Waals surface area (Å²) in [5.74, 6) is 0. The summed E-state index contributed by atoms with van der Waals surface area (Å²) in [6.07, 6.45) is -0.283. The van der Waals surface area contributed by atoms with Crippen LogP contribution in [0.15, 0.2) is 30.3 Å².